The number of furan rings is 3. The quantitative estimate of drug-likeness (QED) is 0.114. The molecule has 3 heterocycles. The van der Waals surface area contributed by atoms with Gasteiger partial charge in [-0.3, -0.25) is 0 Å². The Morgan fingerprint density at radius 3 is 0.630 bits per heavy atom. The van der Waals surface area contributed by atoms with Gasteiger partial charge in [0.2, 0.25) is 0 Å². The van der Waals surface area contributed by atoms with Gasteiger partial charge in [0, 0.05) is 49.0 Å². The number of hydrogen-bond donors (Lipinski definition) is 0. The first-order valence-electron chi connectivity index (χ1n) is 46.3. The van der Waals surface area contributed by atoms with Crippen LogP contribution in [0.25, 0.3) is 264 Å². The molecule has 0 spiro atoms. The highest BCUT2D eigenvalue weighted by Crippen LogP contribution is 2.52. The van der Waals surface area contributed by atoms with Crippen molar-refractivity contribution >= 4 is 130 Å². The Labute approximate surface area is 781 Å². The van der Waals surface area contributed by atoms with Crippen LogP contribution in [0.2, 0.25) is 0 Å². The number of para-hydroxylation sites is 6. The van der Waals surface area contributed by atoms with E-state index in [-0.39, 0.29) is 0 Å². The van der Waals surface area contributed by atoms with Gasteiger partial charge in [0.25, 0.3) is 0 Å². The summed E-state index contributed by atoms with van der Waals surface area (Å²) in [6.07, 6.45) is 0. The lowest BCUT2D eigenvalue weighted by Gasteiger charge is -2.20. The van der Waals surface area contributed by atoms with Gasteiger partial charge in [0.1, 0.15) is 33.5 Å². The summed E-state index contributed by atoms with van der Waals surface area (Å²) in [4.78, 5) is 0. The number of fused-ring (bicyclic) bond motifs is 15. The predicted molar refractivity (Wildman–Crippen MR) is 571 cm³/mol. The standard InChI is InChI=1S/3C44H28O/c1-2-13-29(14-3-1)30-15-10-17-32(27-30)42-36-20-4-6-22-38(36)43(39-23-7-5-21-37(39)42)33-18-11-16-31(28-33)34-24-12-25-40-35-19-8-9-26-41(35)45-44(34)40;1-2-12-29(13-3-1)32-14-10-15-33(28-32)43-38-19-6-4-17-36(38)42(37-18-5-7-20-39(37)43)31-26-24-30(25-27-31)34-21-11-22-40-35-16-8-9-23-41(35)45-44(34)40;1-2-14-29(15-3-1)30-16-12-17-31(28-30)42-35-21-6-8-23-37(35)43(38-24-9-7-22-36(38)42)34-20-5-4-18-32(34)39-25-13-26-40-33-19-10-11-27-41(33)45-44(39)40/h3*1-28H. The summed E-state index contributed by atoms with van der Waals surface area (Å²) >= 11 is 0. The molecule has 0 saturated carbocycles. The molecule has 0 saturated heterocycles. The van der Waals surface area contributed by atoms with Crippen LogP contribution in [-0.2, 0) is 0 Å². The minimum absolute atomic E-state index is 0.912. The van der Waals surface area contributed by atoms with Crippen LogP contribution in [0.15, 0.2) is 523 Å². The van der Waals surface area contributed by atoms with Gasteiger partial charge in [0.05, 0.1) is 0 Å². The molecule has 24 aromatic carbocycles. The van der Waals surface area contributed by atoms with Crippen molar-refractivity contribution in [3.05, 3.63) is 510 Å². The molecule has 630 valence electrons. The fourth-order valence-corrected chi connectivity index (χ4v) is 21.2. The monoisotopic (exact) mass is 1720 g/mol. The number of benzene rings is 24. The van der Waals surface area contributed by atoms with E-state index in [1.165, 1.54) is 165 Å². The largest absolute Gasteiger partial charge is 0.455 e. The smallest absolute Gasteiger partial charge is 0.143 e. The Hall–Kier alpha value is -17.8. The van der Waals surface area contributed by atoms with Crippen molar-refractivity contribution in [2.75, 3.05) is 0 Å². The molecule has 135 heavy (non-hydrogen) atoms. The molecule has 0 aliphatic carbocycles. The molecular formula is C132H84O3. The summed E-state index contributed by atoms with van der Waals surface area (Å²) in [5, 5.41) is 21.9. The van der Waals surface area contributed by atoms with Crippen LogP contribution in [0.1, 0.15) is 0 Å². The molecule has 3 heteroatoms. The Morgan fingerprint density at radius 2 is 0.296 bits per heavy atom. The summed E-state index contributed by atoms with van der Waals surface area (Å²) < 4.78 is 19.3. The molecule has 0 amide bonds. The van der Waals surface area contributed by atoms with Gasteiger partial charge in [-0.15, -0.1) is 0 Å². The molecule has 3 aromatic heterocycles. The highest BCUT2D eigenvalue weighted by molar-refractivity contribution is 6.26. The summed E-state index contributed by atoms with van der Waals surface area (Å²) in [6, 6.07) is 183. The predicted octanol–water partition coefficient (Wildman–Crippen LogP) is 37.7. The summed E-state index contributed by atoms with van der Waals surface area (Å²) in [5.74, 6) is 0. The maximum absolute atomic E-state index is 6.53. The van der Waals surface area contributed by atoms with Crippen molar-refractivity contribution in [2.45, 2.75) is 0 Å². The first-order chi connectivity index (χ1) is 67.0. The lowest BCUT2D eigenvalue weighted by molar-refractivity contribution is 0.669. The molecule has 0 aliphatic rings. The van der Waals surface area contributed by atoms with Crippen LogP contribution in [0.3, 0.4) is 0 Å². The Balaban J connectivity index is 0.000000108. The normalized spacial score (nSPS) is 11.6. The molecule has 3 nitrogen and oxygen atoms in total. The first-order valence-corrected chi connectivity index (χ1v) is 46.3. The SMILES string of the molecule is c1ccc(-c2cccc(-c3c4ccccc4c(-c4ccc(-c5cccc6c5oc5ccccc56)cc4)c4ccccc34)c2)cc1.c1ccc(-c2cccc(-c3c4ccccc4c(-c4cccc(-c5cccc6c5oc5ccccc56)c4)c4ccccc34)c2)cc1.c1ccc(-c2cccc(-c3c4ccccc4c(-c4ccccc4-c4cccc5c4oc4ccccc45)c4ccccc34)c2)cc1. The van der Waals surface area contributed by atoms with Crippen LogP contribution in [-0.4, -0.2) is 0 Å². The van der Waals surface area contributed by atoms with E-state index in [2.05, 4.69) is 479 Å². The van der Waals surface area contributed by atoms with Crippen LogP contribution in [0.4, 0.5) is 0 Å². The molecule has 0 aliphatic heterocycles. The average molecular weight is 1720 g/mol. The zero-order chi connectivity index (χ0) is 89.2. The third-order valence-electron chi connectivity index (χ3n) is 27.2. The van der Waals surface area contributed by atoms with Crippen LogP contribution < -0.4 is 0 Å². The van der Waals surface area contributed by atoms with E-state index in [4.69, 9.17) is 13.3 Å². The molecule has 27 aromatic rings. The molecule has 0 fully saturated rings. The van der Waals surface area contributed by atoms with Crippen molar-refractivity contribution in [1.29, 1.82) is 0 Å². The van der Waals surface area contributed by atoms with Gasteiger partial charge in [0.15, 0.2) is 0 Å². The summed E-state index contributed by atoms with van der Waals surface area (Å²) in [7, 11) is 0. The Kier molecular flexibility index (Phi) is 20.0. The topological polar surface area (TPSA) is 39.4 Å². The van der Waals surface area contributed by atoms with E-state index in [9.17, 15) is 0 Å². The maximum atomic E-state index is 6.53. The molecule has 0 N–H and O–H groups in total. The van der Waals surface area contributed by atoms with Crippen molar-refractivity contribution < 1.29 is 13.3 Å². The van der Waals surface area contributed by atoms with Gasteiger partial charge in [-0.1, -0.05) is 467 Å². The fraction of sp³-hybridized carbons (Fsp3) is 0. The Bertz CT molecular complexity index is 9120. The van der Waals surface area contributed by atoms with Crippen LogP contribution in [0, 0.1) is 0 Å². The zero-order valence-corrected chi connectivity index (χ0v) is 73.7. The van der Waals surface area contributed by atoms with Crippen LogP contribution in [0.5, 0.6) is 0 Å². The third kappa shape index (κ3) is 14.1. The van der Waals surface area contributed by atoms with E-state index in [1.807, 2.05) is 30.3 Å². The van der Waals surface area contributed by atoms with Gasteiger partial charge in [-0.05, 0) is 224 Å². The van der Waals surface area contributed by atoms with E-state index in [1.54, 1.807) is 0 Å². The third-order valence-corrected chi connectivity index (χ3v) is 27.2. The zero-order valence-electron chi connectivity index (χ0n) is 73.7. The van der Waals surface area contributed by atoms with Crippen molar-refractivity contribution in [1.82, 2.24) is 0 Å². The summed E-state index contributed by atoms with van der Waals surface area (Å²) in [6.45, 7) is 0. The second-order valence-electron chi connectivity index (χ2n) is 34.9. The van der Waals surface area contributed by atoms with Crippen LogP contribution >= 0.6 is 0 Å². The lowest BCUT2D eigenvalue weighted by atomic mass is 9.83. The molecule has 0 radical (unpaired) electrons. The van der Waals surface area contributed by atoms with Gasteiger partial charge in [-0.2, -0.15) is 0 Å². The molecular weight excluding hydrogens is 1630 g/mol. The molecule has 0 unspecified atom stereocenters. The lowest BCUT2D eigenvalue weighted by Crippen LogP contribution is -1.93. The molecule has 27 rings (SSSR count). The maximum Gasteiger partial charge on any atom is 0.143 e. The second-order valence-corrected chi connectivity index (χ2v) is 34.9. The molecule has 0 bridgehead atoms. The van der Waals surface area contributed by atoms with E-state index in [0.29, 0.717) is 0 Å². The number of rotatable bonds is 12. The van der Waals surface area contributed by atoms with E-state index < -0.39 is 0 Å². The fourth-order valence-electron chi connectivity index (χ4n) is 21.2. The van der Waals surface area contributed by atoms with Gasteiger partial charge >= 0.3 is 0 Å². The summed E-state index contributed by atoms with van der Waals surface area (Å²) in [5.41, 5.74) is 34.5. The van der Waals surface area contributed by atoms with Gasteiger partial charge < -0.3 is 13.3 Å². The van der Waals surface area contributed by atoms with Crippen molar-refractivity contribution in [2.24, 2.45) is 0 Å². The molecule has 0 atom stereocenters. The van der Waals surface area contributed by atoms with Crippen molar-refractivity contribution in [3.8, 4) is 134 Å². The van der Waals surface area contributed by atoms with Crippen molar-refractivity contribution in [3.63, 3.8) is 0 Å². The highest BCUT2D eigenvalue weighted by atomic mass is 16.3. The number of hydrogen-bond acceptors (Lipinski definition) is 3. The minimum Gasteiger partial charge on any atom is -0.455 e. The van der Waals surface area contributed by atoms with E-state index >= 15 is 0 Å². The second kappa shape index (κ2) is 33.9. The van der Waals surface area contributed by atoms with Gasteiger partial charge in [-0.25, -0.2) is 0 Å². The highest BCUT2D eigenvalue weighted by Gasteiger charge is 2.26. The average Bonchev–Trinajstić information content (AvgIpc) is 1.22. The minimum atomic E-state index is 0.912. The first kappa shape index (κ1) is 79.4. The Morgan fingerprint density at radius 1 is 0.0963 bits per heavy atom. The van der Waals surface area contributed by atoms with E-state index in [0.717, 1.165) is 99.2 Å².